The van der Waals surface area contributed by atoms with Crippen LogP contribution in [0.5, 0.6) is 0 Å². The molecular weight excluding hydrogens is 296 g/mol. The number of piperidine rings is 1. The highest BCUT2D eigenvalue weighted by molar-refractivity contribution is 5.93. The summed E-state index contributed by atoms with van der Waals surface area (Å²) >= 11 is 0. The summed E-state index contributed by atoms with van der Waals surface area (Å²) in [4.78, 5) is 37.0. The molecule has 0 aliphatic carbocycles. The van der Waals surface area contributed by atoms with Crippen molar-refractivity contribution in [1.82, 2.24) is 4.90 Å². The molecule has 0 saturated carbocycles. The Labute approximate surface area is 135 Å². The molecule has 2 amide bonds. The van der Waals surface area contributed by atoms with E-state index in [0.717, 1.165) is 17.5 Å². The van der Waals surface area contributed by atoms with Gasteiger partial charge in [0.15, 0.2) is 6.61 Å². The third-order valence-corrected chi connectivity index (χ3v) is 4.12. The number of likely N-dealkylation sites (tertiary alicyclic amines) is 1. The van der Waals surface area contributed by atoms with Gasteiger partial charge in [0.2, 0.25) is 5.91 Å². The van der Waals surface area contributed by atoms with Gasteiger partial charge in [0.25, 0.3) is 5.91 Å². The van der Waals surface area contributed by atoms with Crippen LogP contribution in [0.25, 0.3) is 0 Å². The fourth-order valence-corrected chi connectivity index (χ4v) is 2.69. The number of nitrogens with zero attached hydrogens (tertiary/aromatic N) is 1. The number of carbonyl (C=O) groups excluding carboxylic acids is 3. The van der Waals surface area contributed by atoms with Crippen molar-refractivity contribution in [1.29, 1.82) is 0 Å². The summed E-state index contributed by atoms with van der Waals surface area (Å²) in [5.41, 5.74) is 7.52. The van der Waals surface area contributed by atoms with Gasteiger partial charge in [-0.2, -0.15) is 0 Å². The average Bonchev–Trinajstić information content (AvgIpc) is 2.54. The van der Waals surface area contributed by atoms with E-state index < -0.39 is 11.9 Å². The summed E-state index contributed by atoms with van der Waals surface area (Å²) in [6.07, 6.45) is 1.42. The van der Waals surface area contributed by atoms with Gasteiger partial charge in [-0.25, -0.2) is 4.79 Å². The third-order valence-electron chi connectivity index (χ3n) is 4.12. The quantitative estimate of drug-likeness (QED) is 0.844. The summed E-state index contributed by atoms with van der Waals surface area (Å²) in [6.45, 7) is 4.25. The lowest BCUT2D eigenvalue weighted by atomic mass is 9.97. The summed E-state index contributed by atoms with van der Waals surface area (Å²) in [6, 6.07) is 5.50. The minimum absolute atomic E-state index is 0.297. The lowest BCUT2D eigenvalue weighted by molar-refractivity contribution is -0.137. The zero-order valence-corrected chi connectivity index (χ0v) is 13.5. The highest BCUT2D eigenvalue weighted by atomic mass is 16.5. The van der Waals surface area contributed by atoms with E-state index in [1.54, 1.807) is 6.07 Å². The number of esters is 1. The summed E-state index contributed by atoms with van der Waals surface area (Å²) in [5, 5.41) is 0. The number of hydrogen-bond acceptors (Lipinski definition) is 4. The molecule has 1 aromatic carbocycles. The number of benzene rings is 1. The molecule has 2 rings (SSSR count). The molecule has 1 aromatic rings. The Kier molecular flexibility index (Phi) is 5.36. The summed E-state index contributed by atoms with van der Waals surface area (Å²) < 4.78 is 5.13. The van der Waals surface area contributed by atoms with Crippen LogP contribution in [0.3, 0.4) is 0 Å². The van der Waals surface area contributed by atoms with Gasteiger partial charge in [-0.3, -0.25) is 9.59 Å². The lowest BCUT2D eigenvalue weighted by Crippen LogP contribution is -2.45. The first-order valence-electron chi connectivity index (χ1n) is 7.70. The SMILES string of the molecule is Cc1ccc(C)c(C(=O)OCC(=O)N2CCC[C@@H](C(N)=O)C2)c1. The number of carbonyl (C=O) groups is 3. The van der Waals surface area contributed by atoms with Crippen LogP contribution < -0.4 is 5.73 Å². The normalized spacial score (nSPS) is 17.7. The van der Waals surface area contributed by atoms with Crippen LogP contribution in [0.4, 0.5) is 0 Å². The number of hydrogen-bond donors (Lipinski definition) is 1. The number of nitrogens with two attached hydrogens (primary N) is 1. The van der Waals surface area contributed by atoms with E-state index in [0.29, 0.717) is 25.1 Å². The molecule has 0 bridgehead atoms. The highest BCUT2D eigenvalue weighted by Gasteiger charge is 2.27. The lowest BCUT2D eigenvalue weighted by Gasteiger charge is -2.31. The smallest absolute Gasteiger partial charge is 0.338 e. The monoisotopic (exact) mass is 318 g/mol. The fraction of sp³-hybridized carbons (Fsp3) is 0.471. The molecule has 0 spiro atoms. The molecule has 0 unspecified atom stereocenters. The van der Waals surface area contributed by atoms with Crippen molar-refractivity contribution in [2.45, 2.75) is 26.7 Å². The first-order valence-corrected chi connectivity index (χ1v) is 7.70. The van der Waals surface area contributed by atoms with Crippen molar-refractivity contribution in [2.24, 2.45) is 11.7 Å². The van der Waals surface area contributed by atoms with Crippen LogP contribution >= 0.6 is 0 Å². The molecule has 0 radical (unpaired) electrons. The largest absolute Gasteiger partial charge is 0.452 e. The van der Waals surface area contributed by atoms with Crippen LogP contribution in [0.1, 0.15) is 34.3 Å². The number of aryl methyl sites for hydroxylation is 2. The minimum atomic E-state index is -0.511. The molecule has 1 fully saturated rings. The molecule has 1 aliphatic heterocycles. The van der Waals surface area contributed by atoms with Gasteiger partial charge in [-0.1, -0.05) is 17.7 Å². The van der Waals surface area contributed by atoms with E-state index in [1.807, 2.05) is 26.0 Å². The first kappa shape index (κ1) is 17.0. The standard InChI is InChI=1S/C17H22N2O4/c1-11-5-6-12(2)14(8-11)17(22)23-10-15(20)19-7-3-4-13(9-19)16(18)21/h5-6,8,13H,3-4,7,9-10H2,1-2H3,(H2,18,21)/t13-/m1/s1. The van der Waals surface area contributed by atoms with Crippen molar-refractivity contribution in [3.05, 3.63) is 34.9 Å². The molecule has 0 aromatic heterocycles. The van der Waals surface area contributed by atoms with Gasteiger partial charge in [0.05, 0.1) is 11.5 Å². The van der Waals surface area contributed by atoms with E-state index in [2.05, 4.69) is 0 Å². The third kappa shape index (κ3) is 4.31. The van der Waals surface area contributed by atoms with Gasteiger partial charge in [-0.05, 0) is 38.3 Å². The van der Waals surface area contributed by atoms with Crippen molar-refractivity contribution in [2.75, 3.05) is 19.7 Å². The first-order chi connectivity index (χ1) is 10.9. The Morgan fingerprint density at radius 3 is 2.74 bits per heavy atom. The topological polar surface area (TPSA) is 89.7 Å². The summed E-state index contributed by atoms with van der Waals surface area (Å²) in [7, 11) is 0. The number of rotatable bonds is 4. The molecule has 6 heteroatoms. The van der Waals surface area contributed by atoms with Crippen LogP contribution in [0, 0.1) is 19.8 Å². The second-order valence-electron chi connectivity index (χ2n) is 5.98. The van der Waals surface area contributed by atoms with E-state index in [9.17, 15) is 14.4 Å². The van der Waals surface area contributed by atoms with Crippen LogP contribution in [-0.2, 0) is 14.3 Å². The Balaban J connectivity index is 1.92. The van der Waals surface area contributed by atoms with Crippen molar-refractivity contribution >= 4 is 17.8 Å². The van der Waals surface area contributed by atoms with Gasteiger partial charge < -0.3 is 15.4 Å². The van der Waals surface area contributed by atoms with Gasteiger partial charge in [0.1, 0.15) is 0 Å². The van der Waals surface area contributed by atoms with Crippen molar-refractivity contribution in [3.63, 3.8) is 0 Å². The van der Waals surface area contributed by atoms with E-state index >= 15 is 0 Å². The van der Waals surface area contributed by atoms with Gasteiger partial charge in [-0.15, -0.1) is 0 Å². The molecule has 1 atom stereocenters. The van der Waals surface area contributed by atoms with Crippen molar-refractivity contribution < 1.29 is 19.1 Å². The number of amides is 2. The minimum Gasteiger partial charge on any atom is -0.452 e. The predicted molar refractivity (Wildman–Crippen MR) is 84.7 cm³/mol. The Bertz CT molecular complexity index is 627. The maximum atomic E-state index is 12.2. The highest BCUT2D eigenvalue weighted by Crippen LogP contribution is 2.16. The molecule has 1 saturated heterocycles. The second-order valence-corrected chi connectivity index (χ2v) is 5.98. The van der Waals surface area contributed by atoms with Gasteiger partial charge in [0, 0.05) is 13.1 Å². The Morgan fingerprint density at radius 2 is 2.04 bits per heavy atom. The second kappa shape index (κ2) is 7.26. The van der Waals surface area contributed by atoms with E-state index in [4.69, 9.17) is 10.5 Å². The molecule has 124 valence electrons. The maximum absolute atomic E-state index is 12.2. The number of primary amides is 1. The zero-order valence-electron chi connectivity index (χ0n) is 13.5. The number of ether oxygens (including phenoxy) is 1. The van der Waals surface area contributed by atoms with Crippen molar-refractivity contribution in [3.8, 4) is 0 Å². The predicted octanol–water partition coefficient (Wildman–Crippen LogP) is 1.18. The van der Waals surface area contributed by atoms with E-state index in [1.165, 1.54) is 4.90 Å². The molecule has 1 aliphatic rings. The fourth-order valence-electron chi connectivity index (χ4n) is 2.69. The van der Waals surface area contributed by atoms with Crippen LogP contribution in [-0.4, -0.2) is 42.4 Å². The average molecular weight is 318 g/mol. The Hall–Kier alpha value is -2.37. The Morgan fingerprint density at radius 1 is 1.30 bits per heavy atom. The van der Waals surface area contributed by atoms with Crippen LogP contribution in [0.2, 0.25) is 0 Å². The maximum Gasteiger partial charge on any atom is 0.338 e. The molecule has 2 N–H and O–H groups in total. The molecule has 1 heterocycles. The van der Waals surface area contributed by atoms with Gasteiger partial charge >= 0.3 is 5.97 Å². The molecular formula is C17H22N2O4. The zero-order chi connectivity index (χ0) is 17.0. The van der Waals surface area contributed by atoms with E-state index in [-0.39, 0.29) is 18.4 Å². The molecule has 23 heavy (non-hydrogen) atoms. The molecule has 6 nitrogen and oxygen atoms in total. The summed E-state index contributed by atoms with van der Waals surface area (Å²) in [5.74, 6) is -1.52. The van der Waals surface area contributed by atoms with Crippen LogP contribution in [0.15, 0.2) is 18.2 Å².